The highest BCUT2D eigenvalue weighted by molar-refractivity contribution is 8.00. The van der Waals surface area contributed by atoms with E-state index >= 15 is 0 Å². The number of rotatable bonds is 12. The highest BCUT2D eigenvalue weighted by Gasteiger charge is 2.37. The molecule has 0 spiro atoms. The van der Waals surface area contributed by atoms with Crippen LogP contribution in [0.2, 0.25) is 0 Å². The molecule has 252 valence electrons. The fraction of sp³-hybridized carbons (Fsp3) is 0.750. The monoisotopic (exact) mass is 696 g/mol. The zero-order chi connectivity index (χ0) is 33.6. The molecule has 0 bridgehead atoms. The van der Waals surface area contributed by atoms with Crippen LogP contribution in [-0.2, 0) is 28.7 Å². The maximum atomic E-state index is 13.7. The fourth-order valence-electron chi connectivity index (χ4n) is 4.07. The van der Waals surface area contributed by atoms with E-state index in [1.807, 2.05) is 0 Å². The SMILES string of the molecule is CC(SCC(O)C(O)CS)C1NC(=O)[C@@H](CS)NC(=O)[C@@H](C(C)C)NC(=O)C[C@@H](/C=C/CCS)OC(=O)[C@H](C(C)C)NC1=O. The summed E-state index contributed by atoms with van der Waals surface area (Å²) in [6, 6.07) is -4.53. The maximum Gasteiger partial charge on any atom is 0.329 e. The molecule has 12 nitrogen and oxygen atoms in total. The molecule has 1 aliphatic heterocycles. The van der Waals surface area contributed by atoms with Gasteiger partial charge in [-0.2, -0.15) is 49.6 Å². The number of hydrogen-bond acceptors (Lipinski definition) is 12. The zero-order valence-corrected chi connectivity index (χ0v) is 29.3. The van der Waals surface area contributed by atoms with Crippen molar-refractivity contribution in [2.24, 2.45) is 11.8 Å². The van der Waals surface area contributed by atoms with E-state index in [0.29, 0.717) is 12.2 Å². The number of hydrogen-bond donors (Lipinski definition) is 9. The zero-order valence-electron chi connectivity index (χ0n) is 25.8. The molecule has 4 amide bonds. The first-order valence-electron chi connectivity index (χ1n) is 14.5. The first-order valence-corrected chi connectivity index (χ1v) is 17.5. The van der Waals surface area contributed by atoms with Crippen LogP contribution in [0.25, 0.3) is 0 Å². The molecule has 0 saturated carbocycles. The van der Waals surface area contributed by atoms with E-state index in [2.05, 4.69) is 59.2 Å². The third-order valence-corrected chi connectivity index (χ3v) is 9.14. The quantitative estimate of drug-likeness (QED) is 0.0779. The molecule has 4 unspecified atom stereocenters. The van der Waals surface area contributed by atoms with Gasteiger partial charge in [0.1, 0.15) is 30.3 Å². The molecule has 1 heterocycles. The minimum absolute atomic E-state index is 0.0287. The van der Waals surface area contributed by atoms with E-state index in [4.69, 9.17) is 4.74 Å². The van der Waals surface area contributed by atoms with E-state index in [0.717, 1.165) is 11.8 Å². The molecule has 44 heavy (non-hydrogen) atoms. The molecule has 0 aromatic rings. The number of aliphatic hydroxyl groups excluding tert-OH is 2. The van der Waals surface area contributed by atoms with Gasteiger partial charge in [-0.1, -0.05) is 40.7 Å². The minimum Gasteiger partial charge on any atom is -0.456 e. The van der Waals surface area contributed by atoms with Crippen molar-refractivity contribution >= 4 is 79.2 Å². The van der Waals surface area contributed by atoms with Gasteiger partial charge < -0.3 is 36.2 Å². The van der Waals surface area contributed by atoms with Crippen molar-refractivity contribution in [1.82, 2.24) is 21.3 Å². The van der Waals surface area contributed by atoms with Crippen molar-refractivity contribution < 1.29 is 38.9 Å². The fourth-order valence-corrected chi connectivity index (χ4v) is 5.83. The second kappa shape index (κ2) is 20.5. The maximum absolute atomic E-state index is 13.7. The van der Waals surface area contributed by atoms with Crippen molar-refractivity contribution in [3.8, 4) is 0 Å². The van der Waals surface area contributed by atoms with Crippen LogP contribution in [0.5, 0.6) is 0 Å². The van der Waals surface area contributed by atoms with Crippen molar-refractivity contribution in [3.63, 3.8) is 0 Å². The van der Waals surface area contributed by atoms with Crippen LogP contribution >= 0.6 is 49.6 Å². The highest BCUT2D eigenvalue weighted by Crippen LogP contribution is 2.19. The average Bonchev–Trinajstić information content (AvgIpc) is 2.96. The molecule has 16 heteroatoms. The van der Waals surface area contributed by atoms with E-state index in [1.54, 1.807) is 46.8 Å². The Balaban J connectivity index is 3.53. The van der Waals surface area contributed by atoms with Crippen molar-refractivity contribution in [2.75, 3.05) is 23.0 Å². The lowest BCUT2D eigenvalue weighted by Crippen LogP contribution is -2.61. The third-order valence-electron chi connectivity index (χ3n) is 6.81. The van der Waals surface area contributed by atoms with Gasteiger partial charge in [-0.25, -0.2) is 4.79 Å². The number of aliphatic hydroxyl groups is 2. The average molecular weight is 697 g/mol. The summed E-state index contributed by atoms with van der Waals surface area (Å²) in [5.41, 5.74) is 0. The Bertz CT molecular complexity index is 1000. The molecule has 1 aliphatic rings. The molecule has 0 aromatic heterocycles. The molecule has 0 radical (unpaired) electrons. The molecule has 6 N–H and O–H groups in total. The Hall–Kier alpha value is -1.59. The van der Waals surface area contributed by atoms with Crippen LogP contribution in [0.4, 0.5) is 0 Å². The smallest absolute Gasteiger partial charge is 0.329 e. The predicted octanol–water partition coefficient (Wildman–Crippen LogP) is 0.132. The Labute approximate surface area is 280 Å². The summed E-state index contributed by atoms with van der Waals surface area (Å²) >= 11 is 13.5. The molecular formula is C28H48N4O8S4. The third kappa shape index (κ3) is 13.4. The van der Waals surface area contributed by atoms with Gasteiger partial charge in [-0.15, -0.1) is 0 Å². The minimum atomic E-state index is -1.22. The first kappa shape index (κ1) is 40.4. The summed E-state index contributed by atoms with van der Waals surface area (Å²) in [4.78, 5) is 66.7. The van der Waals surface area contributed by atoms with E-state index in [1.165, 1.54) is 0 Å². The normalized spacial score (nSPS) is 26.9. The van der Waals surface area contributed by atoms with Gasteiger partial charge in [0.2, 0.25) is 23.6 Å². The van der Waals surface area contributed by atoms with Crippen molar-refractivity contribution in [1.29, 1.82) is 0 Å². The van der Waals surface area contributed by atoms with Gasteiger partial charge in [0.05, 0.1) is 18.6 Å². The molecular weight excluding hydrogens is 649 g/mol. The second-order valence-electron chi connectivity index (χ2n) is 11.2. The Morgan fingerprint density at radius 3 is 1.98 bits per heavy atom. The summed E-state index contributed by atoms with van der Waals surface area (Å²) in [5, 5.41) is 30.1. The molecule has 0 aromatic carbocycles. The Morgan fingerprint density at radius 1 is 0.841 bits per heavy atom. The number of cyclic esters (lactones) is 1. The number of allylic oxidation sites excluding steroid dienone is 1. The lowest BCUT2D eigenvalue weighted by Gasteiger charge is -2.31. The molecule has 1 rings (SSSR count). The number of carbonyl (C=O) groups excluding carboxylic acids is 5. The summed E-state index contributed by atoms with van der Waals surface area (Å²) in [5.74, 6) is -3.68. The Morgan fingerprint density at radius 2 is 1.43 bits per heavy atom. The summed E-state index contributed by atoms with van der Waals surface area (Å²) in [7, 11) is 0. The molecule has 8 atom stereocenters. The summed E-state index contributed by atoms with van der Waals surface area (Å²) in [6.07, 6.45) is 0.366. The number of thiol groups is 3. The lowest BCUT2D eigenvalue weighted by molar-refractivity contribution is -0.153. The first-order chi connectivity index (χ1) is 20.7. The van der Waals surface area contributed by atoms with Gasteiger partial charge in [-0.05, 0) is 30.1 Å². The van der Waals surface area contributed by atoms with E-state index < -0.39 is 83.2 Å². The molecule has 0 aliphatic carbocycles. The number of nitrogens with one attached hydrogen (secondary N) is 4. The number of esters is 1. The van der Waals surface area contributed by atoms with E-state index in [-0.39, 0.29) is 29.6 Å². The van der Waals surface area contributed by atoms with Gasteiger partial charge in [0.25, 0.3) is 0 Å². The van der Waals surface area contributed by atoms with Crippen LogP contribution in [-0.4, -0.2) is 111 Å². The van der Waals surface area contributed by atoms with Crippen LogP contribution in [0.15, 0.2) is 12.2 Å². The van der Waals surface area contributed by atoms with Crippen molar-refractivity contribution in [2.45, 2.75) is 95.2 Å². The number of carbonyl (C=O) groups is 5. The molecule has 1 fully saturated rings. The second-order valence-corrected chi connectivity index (χ2v) is 13.8. The standard InChI is InChI=1S/C28H48N4O8S4/c1-14(2)22-26(37)29-18(11-42)25(36)32-24(16(5)44-13-20(34)19(33)12-43)27(38)31-23(15(3)4)28(39)40-17(8-6-7-9-41)10-21(35)30-22/h6,8,14-20,22-24,33-34,41-43H,7,9-13H2,1-5H3,(H,29,37)(H,30,35)(H,31,38)(H,32,36)/b8-6+/t16?,17-,18-,19?,20?,22-,23+,24?/m1/s1. The number of thioether (sulfide) groups is 1. The lowest BCUT2D eigenvalue weighted by atomic mass is 10.0. The van der Waals surface area contributed by atoms with Gasteiger partial charge in [-0.3, -0.25) is 19.2 Å². The summed E-state index contributed by atoms with van der Waals surface area (Å²) < 4.78 is 5.68. The topological polar surface area (TPSA) is 183 Å². The van der Waals surface area contributed by atoms with Crippen LogP contribution in [0.1, 0.15) is 47.5 Å². The Kier molecular flexibility index (Phi) is 18.9. The van der Waals surface area contributed by atoms with Crippen LogP contribution in [0, 0.1) is 11.8 Å². The summed E-state index contributed by atoms with van der Waals surface area (Å²) in [6.45, 7) is 8.53. The van der Waals surface area contributed by atoms with Crippen LogP contribution in [0.3, 0.4) is 0 Å². The van der Waals surface area contributed by atoms with Crippen LogP contribution < -0.4 is 21.3 Å². The number of ether oxygens (including phenoxy) is 1. The van der Waals surface area contributed by atoms with Gasteiger partial charge in [0, 0.05) is 22.5 Å². The van der Waals surface area contributed by atoms with Crippen molar-refractivity contribution in [3.05, 3.63) is 12.2 Å². The van der Waals surface area contributed by atoms with Gasteiger partial charge >= 0.3 is 5.97 Å². The number of amides is 4. The predicted molar refractivity (Wildman–Crippen MR) is 181 cm³/mol. The highest BCUT2D eigenvalue weighted by atomic mass is 32.2. The molecule has 1 saturated heterocycles. The van der Waals surface area contributed by atoms with E-state index in [9.17, 15) is 34.2 Å². The largest absolute Gasteiger partial charge is 0.456 e. The van der Waals surface area contributed by atoms with Gasteiger partial charge in [0.15, 0.2) is 0 Å².